The second-order valence-electron chi connectivity index (χ2n) is 9.29. The van der Waals surface area contributed by atoms with E-state index in [1.54, 1.807) is 29.3 Å². The molecule has 2 aromatic carbocycles. The number of rotatable bonds is 6. The molecule has 0 aliphatic carbocycles. The molecule has 3 heterocycles. The second-order valence-corrected chi connectivity index (χ2v) is 10.7. The van der Waals surface area contributed by atoms with Crippen LogP contribution in [0.5, 0.6) is 5.75 Å². The molecular weight excluding hydrogens is 544 g/mol. The summed E-state index contributed by atoms with van der Waals surface area (Å²) in [6.45, 7) is 4.16. The van der Waals surface area contributed by atoms with Gasteiger partial charge in [-0.1, -0.05) is 23.7 Å². The fourth-order valence-corrected chi connectivity index (χ4v) is 5.45. The number of nitro benzene ring substituents is 1. The maximum atomic E-state index is 14.2. The predicted octanol–water partition coefficient (Wildman–Crippen LogP) is 4.59. The molecule has 1 N–H and O–H groups in total. The number of aliphatic imine (C=N–C) groups is 1. The van der Waals surface area contributed by atoms with E-state index in [1.165, 1.54) is 28.4 Å². The fraction of sp³-hybridized carbons (Fsp3) is 0.308. The van der Waals surface area contributed by atoms with Crippen molar-refractivity contribution in [1.82, 2.24) is 20.1 Å². The van der Waals surface area contributed by atoms with Crippen molar-refractivity contribution < 1.29 is 19.2 Å². The number of hydrogen-bond donors (Lipinski definition) is 1. The van der Waals surface area contributed by atoms with E-state index in [1.807, 2.05) is 31.4 Å². The highest BCUT2D eigenvalue weighted by Crippen LogP contribution is 2.46. The van der Waals surface area contributed by atoms with Crippen molar-refractivity contribution in [2.24, 2.45) is 4.99 Å². The molecule has 0 saturated carbocycles. The van der Waals surface area contributed by atoms with E-state index in [4.69, 9.17) is 21.3 Å². The van der Waals surface area contributed by atoms with Crippen LogP contribution in [0.25, 0.3) is 0 Å². The minimum absolute atomic E-state index is 0.104. The van der Waals surface area contributed by atoms with Crippen molar-refractivity contribution in [2.75, 3.05) is 19.6 Å². The van der Waals surface area contributed by atoms with Crippen molar-refractivity contribution >= 4 is 46.4 Å². The molecule has 5 rings (SSSR count). The number of amidine groups is 1. The van der Waals surface area contributed by atoms with Crippen molar-refractivity contribution in [3.8, 4) is 5.75 Å². The molecule has 2 aliphatic rings. The van der Waals surface area contributed by atoms with Crippen molar-refractivity contribution in [2.45, 2.75) is 32.0 Å². The fourth-order valence-electron chi connectivity index (χ4n) is 4.62. The number of aromatic nitrogens is 1. The largest absolute Gasteiger partial charge is 0.490 e. The molecular formula is C26H25ClN6O5S. The molecule has 0 radical (unpaired) electrons. The van der Waals surface area contributed by atoms with Gasteiger partial charge in [-0.2, -0.15) is 0 Å². The van der Waals surface area contributed by atoms with Crippen molar-refractivity contribution in [3.05, 3.63) is 85.3 Å². The number of non-ortho nitro benzene ring substituents is 1. The summed E-state index contributed by atoms with van der Waals surface area (Å²) in [7, 11) is 0. The van der Waals surface area contributed by atoms with E-state index in [2.05, 4.69) is 10.3 Å². The minimum atomic E-state index is -0.622. The van der Waals surface area contributed by atoms with Gasteiger partial charge in [0.1, 0.15) is 29.2 Å². The molecule has 202 valence electrons. The maximum Gasteiger partial charge on any atom is 0.326 e. The molecule has 0 bridgehead atoms. The zero-order valence-corrected chi connectivity index (χ0v) is 22.7. The van der Waals surface area contributed by atoms with Crippen molar-refractivity contribution in [3.63, 3.8) is 0 Å². The van der Waals surface area contributed by atoms with Crippen LogP contribution >= 0.6 is 22.9 Å². The van der Waals surface area contributed by atoms with Gasteiger partial charge in [0.15, 0.2) is 0 Å². The molecule has 1 aromatic heterocycles. The first-order valence-electron chi connectivity index (χ1n) is 12.3. The number of thiazole rings is 1. The lowest BCUT2D eigenvalue weighted by Crippen LogP contribution is -2.55. The molecule has 3 aromatic rings. The number of ether oxygens (including phenoxy) is 1. The first-order chi connectivity index (χ1) is 18.7. The highest BCUT2D eigenvalue weighted by molar-refractivity contribution is 7.09. The van der Waals surface area contributed by atoms with Gasteiger partial charge < -0.3 is 15.0 Å². The lowest BCUT2D eigenvalue weighted by molar-refractivity contribution is -0.384. The Morgan fingerprint density at radius 1 is 1.26 bits per heavy atom. The zero-order valence-electron chi connectivity index (χ0n) is 21.1. The van der Waals surface area contributed by atoms with E-state index in [-0.39, 0.29) is 35.8 Å². The Balaban J connectivity index is 1.70. The quantitative estimate of drug-likeness (QED) is 0.342. The van der Waals surface area contributed by atoms with Crippen LogP contribution in [0.2, 0.25) is 5.02 Å². The van der Waals surface area contributed by atoms with Gasteiger partial charge in [0, 0.05) is 35.8 Å². The summed E-state index contributed by atoms with van der Waals surface area (Å²) < 4.78 is 5.99. The number of nitro groups is 1. The van der Waals surface area contributed by atoms with Gasteiger partial charge in [0.25, 0.3) is 5.69 Å². The van der Waals surface area contributed by atoms with Crippen LogP contribution < -0.4 is 10.1 Å². The number of halogens is 1. The van der Waals surface area contributed by atoms with Gasteiger partial charge in [0.2, 0.25) is 5.91 Å². The summed E-state index contributed by atoms with van der Waals surface area (Å²) in [6.07, 6.45) is 1.37. The highest BCUT2D eigenvalue weighted by atomic mass is 35.5. The maximum absolute atomic E-state index is 14.2. The van der Waals surface area contributed by atoms with E-state index >= 15 is 0 Å². The van der Waals surface area contributed by atoms with Gasteiger partial charge in [0.05, 0.1) is 28.7 Å². The molecule has 3 amide bonds. The summed E-state index contributed by atoms with van der Waals surface area (Å²) >= 11 is 7.59. The third-order valence-corrected chi connectivity index (χ3v) is 7.38. The Bertz CT molecular complexity index is 1430. The summed E-state index contributed by atoms with van der Waals surface area (Å²) in [4.78, 5) is 50.0. The van der Waals surface area contributed by atoms with Crippen LogP contribution in [0, 0.1) is 10.1 Å². The summed E-state index contributed by atoms with van der Waals surface area (Å²) in [5.74, 6) is 0.240. The average Bonchev–Trinajstić information content (AvgIpc) is 3.57. The van der Waals surface area contributed by atoms with Crippen molar-refractivity contribution in [1.29, 1.82) is 0 Å². The van der Waals surface area contributed by atoms with E-state index in [0.717, 1.165) is 5.56 Å². The summed E-state index contributed by atoms with van der Waals surface area (Å²) in [5.41, 5.74) is 1.04. The molecule has 2 aliphatic heterocycles. The van der Waals surface area contributed by atoms with Gasteiger partial charge in [-0.15, -0.1) is 11.3 Å². The topological polar surface area (TPSA) is 130 Å². The molecule has 0 spiro atoms. The smallest absolute Gasteiger partial charge is 0.326 e. The lowest BCUT2D eigenvalue weighted by Gasteiger charge is -2.35. The Labute approximate surface area is 233 Å². The van der Waals surface area contributed by atoms with Gasteiger partial charge in [-0.25, -0.2) is 9.78 Å². The normalized spacial score (nSPS) is 19.2. The Hall–Kier alpha value is -4.03. The number of carbonyl (C=O) groups is 2. The zero-order chi connectivity index (χ0) is 27.7. The van der Waals surface area contributed by atoms with E-state index in [9.17, 15) is 19.7 Å². The number of carbonyl (C=O) groups excluding carboxylic acids is 2. The highest BCUT2D eigenvalue weighted by Gasteiger charge is 2.46. The molecule has 1 fully saturated rings. The summed E-state index contributed by atoms with van der Waals surface area (Å²) in [6, 6.07) is 9.76. The molecule has 13 heteroatoms. The van der Waals surface area contributed by atoms with Crippen LogP contribution in [0.3, 0.4) is 0 Å². The van der Waals surface area contributed by atoms with Crippen LogP contribution in [0.1, 0.15) is 42.1 Å². The first-order valence-corrected chi connectivity index (χ1v) is 13.5. The number of hydrogen-bond acceptors (Lipinski definition) is 8. The number of urea groups is 1. The molecule has 0 unspecified atom stereocenters. The van der Waals surface area contributed by atoms with Gasteiger partial charge >= 0.3 is 6.03 Å². The Morgan fingerprint density at radius 3 is 2.67 bits per heavy atom. The predicted molar refractivity (Wildman–Crippen MR) is 146 cm³/mol. The number of nitrogens with zero attached hydrogens (tertiary/aromatic N) is 5. The lowest BCUT2D eigenvalue weighted by atomic mass is 9.99. The van der Waals surface area contributed by atoms with Crippen LogP contribution in [0.15, 0.2) is 59.0 Å². The summed E-state index contributed by atoms with van der Waals surface area (Å²) in [5, 5.41) is 17.3. The third kappa shape index (κ3) is 5.43. The van der Waals surface area contributed by atoms with Crippen LogP contribution in [0.4, 0.5) is 10.5 Å². The second kappa shape index (κ2) is 11.0. The SMILES string of the molecule is CC(C)Oc1cc([N+](=O)[O-])ccc1C1=N[C@@H](c2nccs2)[C@@H](c2ccc(Cl)cc2)N1C(=O)N1CCNC(=O)C1. The van der Waals surface area contributed by atoms with E-state index in [0.29, 0.717) is 28.7 Å². The standard InChI is InChI=1S/C26H25ClN6O5S/c1-15(2)38-20-13-18(33(36)37)7-8-19(20)24-30-22(25-29-10-12-39-25)23(16-3-5-17(27)6-4-16)32(24)26(35)31-11-9-28-21(34)14-31/h3-8,10,12-13,15,22-23H,9,11,14H2,1-2H3,(H,28,34)/t22-,23-/m1/s1. The first kappa shape index (κ1) is 26.6. The van der Waals surface area contributed by atoms with Gasteiger partial charge in [-0.3, -0.25) is 24.8 Å². The van der Waals surface area contributed by atoms with Crippen LogP contribution in [-0.2, 0) is 4.79 Å². The Kier molecular flexibility index (Phi) is 7.49. The molecule has 39 heavy (non-hydrogen) atoms. The molecule has 11 nitrogen and oxygen atoms in total. The van der Waals surface area contributed by atoms with Crippen LogP contribution in [-0.4, -0.2) is 63.2 Å². The third-order valence-electron chi connectivity index (χ3n) is 6.28. The molecule has 1 saturated heterocycles. The molecule has 2 atom stereocenters. The minimum Gasteiger partial charge on any atom is -0.490 e. The average molecular weight is 569 g/mol. The van der Waals surface area contributed by atoms with Gasteiger partial charge in [-0.05, 0) is 37.6 Å². The monoisotopic (exact) mass is 568 g/mol. The number of piperazine rings is 1. The number of benzene rings is 2. The number of nitrogens with one attached hydrogen (secondary N) is 1. The number of amides is 3. The Morgan fingerprint density at radius 2 is 2.03 bits per heavy atom. The van der Waals surface area contributed by atoms with E-state index < -0.39 is 23.0 Å².